The molecule has 134 valence electrons. The number of nitrogens with zero attached hydrogens (tertiary/aromatic N) is 2. The fourth-order valence-corrected chi connectivity index (χ4v) is 3.24. The van der Waals surface area contributed by atoms with Crippen LogP contribution in [0.4, 0.5) is 14.5 Å². The van der Waals surface area contributed by atoms with Gasteiger partial charge in [-0.25, -0.2) is 13.8 Å². The molecule has 0 spiro atoms. The number of carbonyl (C=O) groups is 1. The third-order valence-electron chi connectivity index (χ3n) is 3.63. The van der Waals surface area contributed by atoms with Crippen LogP contribution in [0.1, 0.15) is 5.56 Å². The van der Waals surface area contributed by atoms with Gasteiger partial charge in [0.05, 0.1) is 12.0 Å². The summed E-state index contributed by atoms with van der Waals surface area (Å²) in [5.41, 5.74) is 0.596. The van der Waals surface area contributed by atoms with Crippen LogP contribution in [0, 0.1) is 11.6 Å². The van der Waals surface area contributed by atoms with Gasteiger partial charge in [0.2, 0.25) is 0 Å². The van der Waals surface area contributed by atoms with E-state index < -0.39 is 11.6 Å². The Balaban J connectivity index is 1.92. The Kier molecular flexibility index (Phi) is 4.94. The van der Waals surface area contributed by atoms with E-state index in [2.05, 4.69) is 4.99 Å². The van der Waals surface area contributed by atoms with Crippen molar-refractivity contribution in [3.05, 3.63) is 58.5 Å². The zero-order chi connectivity index (χ0) is 18.8. The van der Waals surface area contributed by atoms with E-state index in [1.807, 2.05) is 0 Å². The predicted octanol–water partition coefficient (Wildman–Crippen LogP) is 3.91. The molecule has 1 amide bonds. The summed E-state index contributed by atoms with van der Waals surface area (Å²) < 4.78 is 31.8. The van der Waals surface area contributed by atoms with Crippen molar-refractivity contribution < 1.29 is 23.4 Å². The van der Waals surface area contributed by atoms with Crippen molar-refractivity contribution in [1.29, 1.82) is 0 Å². The summed E-state index contributed by atoms with van der Waals surface area (Å²) in [6, 6.07) is 7.73. The fraction of sp³-hybridized carbons (Fsp3) is 0.111. The number of rotatable bonds is 3. The third-order valence-corrected chi connectivity index (χ3v) is 4.69. The summed E-state index contributed by atoms with van der Waals surface area (Å²) in [6.45, 7) is 0. The minimum atomic E-state index is -0.806. The molecular formula is C18H14F2N2O3S. The van der Waals surface area contributed by atoms with Crippen LogP contribution in [0.3, 0.4) is 0 Å². The quantitative estimate of drug-likeness (QED) is 0.825. The van der Waals surface area contributed by atoms with Crippen molar-refractivity contribution in [2.24, 2.45) is 4.99 Å². The molecule has 1 N–H and O–H groups in total. The average molecular weight is 376 g/mol. The lowest BCUT2D eigenvalue weighted by molar-refractivity contribution is -0.121. The molecule has 1 aliphatic rings. The Morgan fingerprint density at radius 3 is 2.69 bits per heavy atom. The molecule has 1 aliphatic heterocycles. The number of aromatic hydroxyl groups is 1. The van der Waals surface area contributed by atoms with Gasteiger partial charge in [-0.15, -0.1) is 0 Å². The van der Waals surface area contributed by atoms with Gasteiger partial charge in [0.15, 0.2) is 22.5 Å². The van der Waals surface area contributed by atoms with E-state index >= 15 is 0 Å². The van der Waals surface area contributed by atoms with Gasteiger partial charge in [0, 0.05) is 13.1 Å². The van der Waals surface area contributed by atoms with Crippen LogP contribution in [0.5, 0.6) is 11.5 Å². The van der Waals surface area contributed by atoms with Gasteiger partial charge in [-0.3, -0.25) is 9.69 Å². The van der Waals surface area contributed by atoms with Crippen molar-refractivity contribution in [2.75, 3.05) is 14.2 Å². The Bertz CT molecular complexity index is 944. The summed E-state index contributed by atoms with van der Waals surface area (Å²) in [6.07, 6.45) is 1.62. The van der Waals surface area contributed by atoms with Gasteiger partial charge in [-0.05, 0) is 47.7 Å². The minimum Gasteiger partial charge on any atom is -0.504 e. The Labute approximate surface area is 152 Å². The number of hydrogen-bond donors (Lipinski definition) is 1. The lowest BCUT2D eigenvalue weighted by atomic mass is 10.2. The second-order valence-corrected chi connectivity index (χ2v) is 6.41. The van der Waals surface area contributed by atoms with Gasteiger partial charge in [-0.2, -0.15) is 0 Å². The first-order valence-corrected chi connectivity index (χ1v) is 8.29. The maximum atomic E-state index is 13.8. The molecule has 0 unspecified atom stereocenters. The van der Waals surface area contributed by atoms with E-state index in [1.165, 1.54) is 31.2 Å². The van der Waals surface area contributed by atoms with Crippen LogP contribution < -0.4 is 4.74 Å². The van der Waals surface area contributed by atoms with Crippen LogP contribution in [0.25, 0.3) is 6.08 Å². The second-order valence-electron chi connectivity index (χ2n) is 5.40. The number of halogens is 2. The molecule has 2 aromatic carbocycles. The number of ether oxygens (including phenoxy) is 1. The summed E-state index contributed by atoms with van der Waals surface area (Å²) in [4.78, 5) is 18.2. The normalized spacial score (nSPS) is 17.4. The molecule has 1 heterocycles. The van der Waals surface area contributed by atoms with Crippen molar-refractivity contribution in [1.82, 2.24) is 4.90 Å². The predicted molar refractivity (Wildman–Crippen MR) is 96.4 cm³/mol. The third kappa shape index (κ3) is 3.55. The van der Waals surface area contributed by atoms with Crippen LogP contribution in [-0.2, 0) is 4.79 Å². The maximum absolute atomic E-state index is 13.8. The number of amidine groups is 1. The summed E-state index contributed by atoms with van der Waals surface area (Å²) >= 11 is 1.07. The largest absolute Gasteiger partial charge is 0.504 e. The van der Waals surface area contributed by atoms with E-state index in [1.54, 1.807) is 18.2 Å². The van der Waals surface area contributed by atoms with Crippen LogP contribution in [0.15, 0.2) is 46.3 Å². The first-order valence-electron chi connectivity index (χ1n) is 7.47. The van der Waals surface area contributed by atoms with E-state index in [0.29, 0.717) is 10.5 Å². The molecule has 5 nitrogen and oxygen atoms in total. The number of methoxy groups -OCH3 is 1. The smallest absolute Gasteiger partial charge is 0.266 e. The highest BCUT2D eigenvalue weighted by atomic mass is 32.2. The van der Waals surface area contributed by atoms with Gasteiger partial charge in [0.1, 0.15) is 11.5 Å². The second kappa shape index (κ2) is 7.17. The van der Waals surface area contributed by atoms with Crippen LogP contribution >= 0.6 is 11.8 Å². The van der Waals surface area contributed by atoms with E-state index in [4.69, 9.17) is 4.74 Å². The Hall–Kier alpha value is -2.87. The number of phenolic OH excluding ortho intramolecular Hbond substituents is 1. The highest BCUT2D eigenvalue weighted by molar-refractivity contribution is 8.18. The van der Waals surface area contributed by atoms with Crippen LogP contribution in [-0.4, -0.2) is 35.2 Å². The number of hydrogen-bond acceptors (Lipinski definition) is 5. The topological polar surface area (TPSA) is 62.1 Å². The molecule has 26 heavy (non-hydrogen) atoms. The molecular weight excluding hydrogens is 362 g/mol. The number of thioether (sulfide) groups is 1. The zero-order valence-corrected chi connectivity index (χ0v) is 14.7. The SMILES string of the molecule is COc1cc(/C=C2/SC(=Nc3ccc(F)cc3F)N(C)C2=O)ccc1O. The van der Waals surface area contributed by atoms with E-state index in [0.717, 1.165) is 23.9 Å². The number of aliphatic imine (C=N–C) groups is 1. The van der Waals surface area contributed by atoms with Gasteiger partial charge in [0.25, 0.3) is 5.91 Å². The molecule has 1 saturated heterocycles. The van der Waals surface area contributed by atoms with Gasteiger partial charge < -0.3 is 9.84 Å². The molecule has 0 aromatic heterocycles. The minimum absolute atomic E-state index is 0.00814. The molecule has 0 atom stereocenters. The zero-order valence-electron chi connectivity index (χ0n) is 13.9. The Morgan fingerprint density at radius 1 is 1.23 bits per heavy atom. The summed E-state index contributed by atoms with van der Waals surface area (Å²) in [5, 5.41) is 9.91. The molecule has 0 bridgehead atoms. The number of likely N-dealkylation sites (N-methyl/N-ethyl adjacent to an activating group) is 1. The lowest BCUT2D eigenvalue weighted by Gasteiger charge is -2.07. The van der Waals surface area contributed by atoms with E-state index in [-0.39, 0.29) is 28.3 Å². The van der Waals surface area contributed by atoms with Crippen molar-refractivity contribution in [2.45, 2.75) is 0 Å². The molecule has 3 rings (SSSR count). The highest BCUT2D eigenvalue weighted by Gasteiger charge is 2.30. The lowest BCUT2D eigenvalue weighted by Crippen LogP contribution is -2.23. The standard InChI is InChI=1S/C18H14F2N2O3S/c1-22-17(24)16(8-10-3-6-14(23)15(7-10)25-2)26-18(22)21-13-5-4-11(19)9-12(13)20/h3-9,23H,1-2H3/b16-8+,21-18?. The van der Waals surface area contributed by atoms with Gasteiger partial charge in [-0.1, -0.05) is 6.07 Å². The maximum Gasteiger partial charge on any atom is 0.266 e. The number of phenols is 1. The molecule has 0 radical (unpaired) electrons. The average Bonchev–Trinajstić information content (AvgIpc) is 2.87. The van der Waals surface area contributed by atoms with Crippen molar-refractivity contribution in [3.8, 4) is 11.5 Å². The highest BCUT2D eigenvalue weighted by Crippen LogP contribution is 2.35. The first kappa shape index (κ1) is 17.9. The van der Waals surface area contributed by atoms with Crippen LogP contribution in [0.2, 0.25) is 0 Å². The van der Waals surface area contributed by atoms with E-state index in [9.17, 15) is 18.7 Å². The monoisotopic (exact) mass is 376 g/mol. The molecule has 1 fully saturated rings. The first-order chi connectivity index (χ1) is 12.4. The Morgan fingerprint density at radius 2 is 2.00 bits per heavy atom. The van der Waals surface area contributed by atoms with Crippen molar-refractivity contribution >= 4 is 34.6 Å². The molecule has 8 heteroatoms. The molecule has 0 saturated carbocycles. The van der Waals surface area contributed by atoms with Gasteiger partial charge >= 0.3 is 0 Å². The number of benzene rings is 2. The summed E-state index contributed by atoms with van der Waals surface area (Å²) in [7, 11) is 2.95. The molecule has 2 aromatic rings. The van der Waals surface area contributed by atoms with Crippen molar-refractivity contribution in [3.63, 3.8) is 0 Å². The summed E-state index contributed by atoms with van der Waals surface area (Å²) in [5.74, 6) is -1.53. The molecule has 0 aliphatic carbocycles. The number of carbonyl (C=O) groups excluding carboxylic acids is 1. The fourth-order valence-electron chi connectivity index (χ4n) is 2.26. The number of amides is 1.